The summed E-state index contributed by atoms with van der Waals surface area (Å²) in [5, 5.41) is 20.4. The van der Waals surface area contributed by atoms with E-state index in [2.05, 4.69) is 13.0 Å². The number of allylic oxidation sites excluding steroid dienone is 1. The summed E-state index contributed by atoms with van der Waals surface area (Å²) >= 11 is 0. The topological polar surface area (TPSA) is 115 Å². The maximum Gasteiger partial charge on any atom is 0.308 e. The van der Waals surface area contributed by atoms with Gasteiger partial charge in [0.05, 0.1) is 25.0 Å². The standard InChI is InChI=1S/C31H35NO7/c1-4-5-6-20-8-10-23-26(18-7-12-24-25(15-18)39-16-38-24)28(31(35)36)27(29(23)32-20)22-11-9-21(37-3)14-19(22)13-17(2)30(33)34/h7,9-12,14-15,17,26-29H,4-6,8,13,16H2,1-3H3,(H,33,34)(H,35,36). The van der Waals surface area contributed by atoms with E-state index in [1.807, 2.05) is 36.4 Å². The third-order valence-corrected chi connectivity index (χ3v) is 8.20. The molecule has 5 atom stereocenters. The number of methoxy groups -OCH3 is 1. The first kappa shape index (κ1) is 26.8. The summed E-state index contributed by atoms with van der Waals surface area (Å²) in [7, 11) is 1.57. The normalized spacial score (nSPS) is 24.0. The number of nitrogens with zero attached hydrogens (tertiary/aromatic N) is 1. The highest BCUT2D eigenvalue weighted by Gasteiger charge is 2.53. The van der Waals surface area contributed by atoms with Crippen LogP contribution in [0.25, 0.3) is 0 Å². The van der Waals surface area contributed by atoms with Gasteiger partial charge in [-0.25, -0.2) is 0 Å². The third kappa shape index (κ3) is 5.12. The Morgan fingerprint density at radius 3 is 2.64 bits per heavy atom. The molecule has 0 amide bonds. The van der Waals surface area contributed by atoms with Crippen LogP contribution in [0.5, 0.6) is 17.2 Å². The molecule has 1 saturated carbocycles. The maximum absolute atomic E-state index is 13.1. The fourth-order valence-electron chi connectivity index (χ4n) is 6.23. The summed E-state index contributed by atoms with van der Waals surface area (Å²) in [6.45, 7) is 3.95. The van der Waals surface area contributed by atoms with Crippen molar-refractivity contribution in [2.45, 2.75) is 63.8 Å². The molecule has 2 aromatic rings. The number of benzene rings is 2. The lowest BCUT2D eigenvalue weighted by molar-refractivity contribution is -0.143. The van der Waals surface area contributed by atoms with E-state index in [0.717, 1.165) is 47.2 Å². The summed E-state index contributed by atoms with van der Waals surface area (Å²) < 4.78 is 16.6. The Bertz CT molecular complexity index is 1330. The zero-order valence-electron chi connectivity index (χ0n) is 22.6. The van der Waals surface area contributed by atoms with Gasteiger partial charge in [-0.15, -0.1) is 0 Å². The van der Waals surface area contributed by atoms with Crippen molar-refractivity contribution in [2.24, 2.45) is 16.8 Å². The van der Waals surface area contributed by atoms with Gasteiger partial charge in [0, 0.05) is 24.0 Å². The Hall–Kier alpha value is -3.81. The predicted molar refractivity (Wildman–Crippen MR) is 146 cm³/mol. The highest BCUT2D eigenvalue weighted by molar-refractivity contribution is 5.88. The van der Waals surface area contributed by atoms with Crippen molar-refractivity contribution in [1.82, 2.24) is 0 Å². The molecule has 0 aromatic heterocycles. The van der Waals surface area contributed by atoms with E-state index in [-0.39, 0.29) is 19.3 Å². The first-order chi connectivity index (χ1) is 18.8. The van der Waals surface area contributed by atoms with Gasteiger partial charge in [-0.2, -0.15) is 0 Å². The summed E-state index contributed by atoms with van der Waals surface area (Å²) in [5.74, 6) is -2.26. The van der Waals surface area contributed by atoms with Gasteiger partial charge in [0.2, 0.25) is 6.79 Å². The molecule has 0 spiro atoms. The molecule has 5 rings (SSSR count). The van der Waals surface area contributed by atoms with Crippen LogP contribution in [0, 0.1) is 11.8 Å². The average molecular weight is 534 g/mol. The number of carboxylic acids is 2. The van der Waals surface area contributed by atoms with E-state index >= 15 is 0 Å². The van der Waals surface area contributed by atoms with Gasteiger partial charge in [0.15, 0.2) is 11.5 Å². The van der Waals surface area contributed by atoms with Crippen molar-refractivity contribution < 1.29 is 34.0 Å². The van der Waals surface area contributed by atoms with Crippen LogP contribution in [-0.4, -0.2) is 47.8 Å². The van der Waals surface area contributed by atoms with Gasteiger partial charge in [0.25, 0.3) is 0 Å². The molecule has 8 nitrogen and oxygen atoms in total. The number of aliphatic carboxylic acids is 2. The van der Waals surface area contributed by atoms with E-state index in [0.29, 0.717) is 23.7 Å². The van der Waals surface area contributed by atoms with Gasteiger partial charge in [0.1, 0.15) is 5.75 Å². The highest BCUT2D eigenvalue weighted by atomic mass is 16.7. The minimum absolute atomic E-state index is 0.141. The zero-order chi connectivity index (χ0) is 27.7. The first-order valence-corrected chi connectivity index (χ1v) is 13.6. The summed E-state index contributed by atoms with van der Waals surface area (Å²) in [6, 6.07) is 10.9. The number of rotatable bonds is 10. The van der Waals surface area contributed by atoms with Crippen LogP contribution >= 0.6 is 0 Å². The number of hydrogen-bond donors (Lipinski definition) is 2. The fraction of sp³-hybridized carbons (Fsp3) is 0.452. The monoisotopic (exact) mass is 533 g/mol. The number of hydrogen-bond acceptors (Lipinski definition) is 6. The number of unbranched alkanes of at least 4 members (excludes halogenated alkanes) is 1. The van der Waals surface area contributed by atoms with Gasteiger partial charge in [-0.1, -0.05) is 38.5 Å². The van der Waals surface area contributed by atoms with Crippen molar-refractivity contribution in [1.29, 1.82) is 0 Å². The van der Waals surface area contributed by atoms with Crippen LogP contribution in [0.2, 0.25) is 0 Å². The minimum Gasteiger partial charge on any atom is -0.497 e. The maximum atomic E-state index is 13.1. The summed E-state index contributed by atoms with van der Waals surface area (Å²) in [5.41, 5.74) is 4.53. The molecule has 2 aliphatic heterocycles. The zero-order valence-corrected chi connectivity index (χ0v) is 22.6. The molecule has 3 aliphatic rings. The lowest BCUT2D eigenvalue weighted by atomic mass is 9.78. The lowest BCUT2D eigenvalue weighted by Gasteiger charge is -2.27. The molecule has 2 heterocycles. The molecule has 0 saturated heterocycles. The number of carbonyl (C=O) groups is 2. The Morgan fingerprint density at radius 1 is 1.13 bits per heavy atom. The second kappa shape index (κ2) is 11.1. The molecule has 2 N–H and O–H groups in total. The number of dihydropyridines is 1. The second-order valence-electron chi connectivity index (χ2n) is 10.6. The molecular formula is C31H35NO7. The van der Waals surface area contributed by atoms with Crippen LogP contribution < -0.4 is 14.2 Å². The largest absolute Gasteiger partial charge is 0.497 e. The first-order valence-electron chi connectivity index (χ1n) is 13.6. The molecular weight excluding hydrogens is 498 g/mol. The predicted octanol–water partition coefficient (Wildman–Crippen LogP) is 5.60. The van der Waals surface area contributed by atoms with Crippen molar-refractivity contribution >= 4 is 17.7 Å². The molecule has 8 heteroatoms. The Balaban J connectivity index is 1.66. The lowest BCUT2D eigenvalue weighted by Crippen LogP contribution is -2.27. The molecule has 0 bridgehead atoms. The second-order valence-corrected chi connectivity index (χ2v) is 10.6. The van der Waals surface area contributed by atoms with Gasteiger partial charge in [-0.3, -0.25) is 14.6 Å². The van der Waals surface area contributed by atoms with Crippen LogP contribution in [0.15, 0.2) is 53.0 Å². The number of carboxylic acid groups (broad SMARTS) is 2. The fourth-order valence-corrected chi connectivity index (χ4v) is 6.23. The van der Waals surface area contributed by atoms with Gasteiger partial charge >= 0.3 is 11.9 Å². The Labute approximate surface area is 228 Å². The molecule has 1 aliphatic carbocycles. The Morgan fingerprint density at radius 2 is 1.92 bits per heavy atom. The SMILES string of the molecule is CCCCC1=NC2C(=CC1)C(c1ccc3c(c1)OCO3)C(C(=O)O)C2c1ccc(OC)cc1CC(C)C(=O)O. The smallest absolute Gasteiger partial charge is 0.308 e. The van der Waals surface area contributed by atoms with Crippen LogP contribution in [0.1, 0.15) is 68.1 Å². The summed E-state index contributed by atoms with van der Waals surface area (Å²) in [6.07, 6.45) is 6.10. The Kier molecular flexibility index (Phi) is 7.64. The van der Waals surface area contributed by atoms with Crippen LogP contribution in [0.3, 0.4) is 0 Å². The van der Waals surface area contributed by atoms with E-state index in [4.69, 9.17) is 19.2 Å². The molecule has 39 heavy (non-hydrogen) atoms. The summed E-state index contributed by atoms with van der Waals surface area (Å²) in [4.78, 5) is 30.1. The van der Waals surface area contributed by atoms with E-state index < -0.39 is 35.6 Å². The average Bonchev–Trinajstić information content (AvgIpc) is 3.53. The molecule has 206 valence electrons. The minimum atomic E-state index is -0.906. The molecule has 1 fully saturated rings. The van der Waals surface area contributed by atoms with Gasteiger partial charge in [-0.05, 0) is 65.8 Å². The van der Waals surface area contributed by atoms with Gasteiger partial charge < -0.3 is 24.4 Å². The van der Waals surface area contributed by atoms with Crippen LogP contribution in [0.4, 0.5) is 0 Å². The van der Waals surface area contributed by atoms with E-state index in [1.165, 1.54) is 0 Å². The van der Waals surface area contributed by atoms with E-state index in [1.54, 1.807) is 14.0 Å². The molecule has 0 radical (unpaired) electrons. The molecule has 2 aromatic carbocycles. The number of aliphatic imine (C=N–C) groups is 1. The third-order valence-electron chi connectivity index (χ3n) is 8.20. The highest BCUT2D eigenvalue weighted by Crippen LogP contribution is 2.56. The van der Waals surface area contributed by atoms with Crippen molar-refractivity contribution in [3.63, 3.8) is 0 Å². The quantitative estimate of drug-likeness (QED) is 0.382. The number of ether oxygens (including phenoxy) is 3. The molecule has 5 unspecified atom stereocenters. The van der Waals surface area contributed by atoms with Crippen molar-refractivity contribution in [3.05, 3.63) is 64.7 Å². The number of fused-ring (bicyclic) bond motifs is 2. The van der Waals surface area contributed by atoms with Crippen molar-refractivity contribution in [3.8, 4) is 17.2 Å². The van der Waals surface area contributed by atoms with Crippen LogP contribution in [-0.2, 0) is 16.0 Å². The van der Waals surface area contributed by atoms with E-state index in [9.17, 15) is 19.8 Å². The van der Waals surface area contributed by atoms with Crippen molar-refractivity contribution in [2.75, 3.05) is 13.9 Å².